The summed E-state index contributed by atoms with van der Waals surface area (Å²) in [6, 6.07) is 0. The minimum absolute atomic E-state index is 0.0334. The van der Waals surface area contributed by atoms with Crippen LogP contribution in [0.4, 0.5) is 11.8 Å². The fourth-order valence-electron chi connectivity index (χ4n) is 5.11. The van der Waals surface area contributed by atoms with Crippen LogP contribution in [0, 0.1) is 0 Å². The molecule has 0 saturated carbocycles. The topological polar surface area (TPSA) is 343 Å². The van der Waals surface area contributed by atoms with Crippen molar-refractivity contribution in [3.63, 3.8) is 0 Å². The number of aliphatic hydroxyl groups is 2. The lowest BCUT2D eigenvalue weighted by Gasteiger charge is -2.25. The van der Waals surface area contributed by atoms with Gasteiger partial charge >= 0.3 is 15.4 Å². The number of aliphatic hydroxyl groups excluding tert-OH is 2. The number of hydrogen-bond acceptors (Lipinski definition) is 19. The van der Waals surface area contributed by atoms with E-state index in [1.807, 2.05) is 0 Å². The average molecular weight is 675 g/mol. The van der Waals surface area contributed by atoms with Crippen LogP contribution in [0.1, 0.15) is 12.5 Å². The van der Waals surface area contributed by atoms with E-state index >= 15 is 0 Å². The van der Waals surface area contributed by atoms with Gasteiger partial charge in [0.2, 0.25) is 5.95 Å². The van der Waals surface area contributed by atoms with Gasteiger partial charge in [-0.25, -0.2) is 19.5 Å². The average Bonchev–Trinajstić information content (AvgIpc) is 3.72. The Hall–Kier alpha value is -3.51. The zero-order chi connectivity index (χ0) is 31.8. The van der Waals surface area contributed by atoms with Crippen LogP contribution in [0.25, 0.3) is 22.3 Å². The second-order valence-corrected chi connectivity index (χ2v) is 13.2. The highest BCUT2D eigenvalue weighted by Crippen LogP contribution is 2.53. The molecule has 24 nitrogen and oxygen atoms in total. The summed E-state index contributed by atoms with van der Waals surface area (Å²) in [6.07, 6.45) is -12.1. The monoisotopic (exact) mass is 675 g/mol. The molecule has 4 unspecified atom stereocenters. The van der Waals surface area contributed by atoms with Crippen molar-refractivity contribution in [2.24, 2.45) is 0 Å². The predicted octanol–water partition coefficient (Wildman–Crippen LogP) is -2.95. The Labute approximate surface area is 248 Å². The summed E-state index contributed by atoms with van der Waals surface area (Å²) in [5.41, 5.74) is 10.4. The first-order chi connectivity index (χ1) is 21.3. The van der Waals surface area contributed by atoms with Gasteiger partial charge in [-0.15, -0.1) is 5.10 Å². The van der Waals surface area contributed by atoms with Crippen molar-refractivity contribution in [1.29, 1.82) is 0 Å². The van der Waals surface area contributed by atoms with E-state index in [-0.39, 0.29) is 34.1 Å². The number of nitrogen functional groups attached to an aromatic ring is 2. The number of nitrogens with one attached hydrogen (secondary N) is 1. The minimum atomic E-state index is -5.16. The van der Waals surface area contributed by atoms with Gasteiger partial charge in [0.05, 0.1) is 12.9 Å². The number of aromatic nitrogens is 9. The third kappa shape index (κ3) is 5.29. The van der Waals surface area contributed by atoms with E-state index in [4.69, 9.17) is 39.2 Å². The SMILES string of the molecule is Nc1nc2c(nnn2[C@@H]2O[C@@H]3OCP(=O)(O)OC4[C@@H](COP(=O)(O)O[C@H]2C3O)O[C@@H](n2cnc3c(N)ncnc32)[C@H]4O)c(=O)[nH]1. The number of imidazole rings is 1. The summed E-state index contributed by atoms with van der Waals surface area (Å²) in [5, 5.41) is 29.5. The molecule has 26 heteroatoms. The Bertz CT molecular complexity index is 1940. The molecule has 3 fully saturated rings. The summed E-state index contributed by atoms with van der Waals surface area (Å²) in [6.45, 7) is -0.839. The van der Waals surface area contributed by atoms with Gasteiger partial charge in [0.25, 0.3) is 5.56 Å². The van der Waals surface area contributed by atoms with Crippen molar-refractivity contribution in [1.82, 2.24) is 44.5 Å². The van der Waals surface area contributed by atoms with Crippen molar-refractivity contribution < 1.29 is 56.9 Å². The molecular weight excluding hydrogens is 652 g/mol. The lowest BCUT2D eigenvalue weighted by Crippen LogP contribution is -2.36. The smallest absolute Gasteiger partial charge is 0.386 e. The van der Waals surface area contributed by atoms with E-state index < -0.39 is 83.2 Å². The van der Waals surface area contributed by atoms with Gasteiger partial charge in [0.15, 0.2) is 47.7 Å². The summed E-state index contributed by atoms with van der Waals surface area (Å²) in [7, 11) is -9.96. The van der Waals surface area contributed by atoms with Gasteiger partial charge in [-0.2, -0.15) is 9.67 Å². The molecular formula is C19H23N11O13P2. The molecule has 242 valence electrons. The van der Waals surface area contributed by atoms with E-state index in [2.05, 4.69) is 35.2 Å². The number of nitrogens with zero attached hydrogens (tertiary/aromatic N) is 8. The van der Waals surface area contributed by atoms with Crippen LogP contribution in [-0.4, -0.2) is 114 Å². The molecule has 2 bridgehead atoms. The van der Waals surface area contributed by atoms with Crippen LogP contribution >= 0.6 is 15.4 Å². The van der Waals surface area contributed by atoms with Crippen molar-refractivity contribution in [2.75, 3.05) is 24.4 Å². The van der Waals surface area contributed by atoms with Crippen LogP contribution in [0.3, 0.4) is 0 Å². The highest BCUT2D eigenvalue weighted by atomic mass is 31.2. The number of hydrogen-bond donors (Lipinski definition) is 7. The predicted molar refractivity (Wildman–Crippen MR) is 141 cm³/mol. The first kappa shape index (κ1) is 30.2. The number of rotatable bonds is 2. The Balaban J connectivity index is 1.21. The van der Waals surface area contributed by atoms with Gasteiger partial charge in [0, 0.05) is 0 Å². The van der Waals surface area contributed by atoms with Crippen LogP contribution < -0.4 is 17.0 Å². The van der Waals surface area contributed by atoms with E-state index in [1.165, 1.54) is 10.9 Å². The number of H-pyrrole nitrogens is 1. The second-order valence-electron chi connectivity index (χ2n) is 10.0. The fourth-order valence-corrected chi connectivity index (χ4v) is 7.08. The Morgan fingerprint density at radius 3 is 2.58 bits per heavy atom. The molecule has 3 aliphatic heterocycles. The quantitative estimate of drug-likeness (QED) is 0.104. The molecule has 4 aromatic rings. The van der Waals surface area contributed by atoms with Crippen LogP contribution in [0.15, 0.2) is 17.4 Å². The van der Waals surface area contributed by atoms with Crippen LogP contribution in [-0.2, 0) is 36.9 Å². The molecule has 7 heterocycles. The number of fused-ring (bicyclic) bond motifs is 5. The Kier molecular flexibility index (Phi) is 7.23. The first-order valence-corrected chi connectivity index (χ1v) is 16.1. The summed E-state index contributed by atoms with van der Waals surface area (Å²) < 4.78 is 60.9. The van der Waals surface area contributed by atoms with Gasteiger partial charge in [-0.3, -0.25) is 32.5 Å². The molecule has 45 heavy (non-hydrogen) atoms. The standard InChI is InChI=1S/C19H23N11O13P2/c20-12-6-13(23-2-22-12)29(3-24-6)16-8(31)10-5(40-16)1-39-45(36,37)43-11-9(32)18(38-4-44(34,35)42-10)41-17(11)30-14-7(27-28-30)15(33)26-19(21)25-14/h2-3,5,8-11,16-18,31-32H,1,4H2,(H,34,35)(H,36,37)(H2,20,22,23)(H3,21,25,26,33)/t5-,8+,9?,10?,11+,16-,17-,18+/m1/s1. The van der Waals surface area contributed by atoms with E-state index in [1.54, 1.807) is 0 Å². The molecule has 10 atom stereocenters. The minimum Gasteiger partial charge on any atom is -0.386 e. The van der Waals surface area contributed by atoms with Crippen molar-refractivity contribution in [2.45, 2.75) is 49.3 Å². The first-order valence-electron chi connectivity index (χ1n) is 12.8. The van der Waals surface area contributed by atoms with Gasteiger partial charge in [-0.05, 0) is 0 Å². The molecule has 0 radical (unpaired) electrons. The number of ether oxygens (including phenoxy) is 3. The molecule has 9 N–H and O–H groups in total. The third-order valence-corrected chi connectivity index (χ3v) is 9.11. The molecule has 3 saturated heterocycles. The lowest BCUT2D eigenvalue weighted by atomic mass is 10.1. The summed E-state index contributed by atoms with van der Waals surface area (Å²) >= 11 is 0. The highest BCUT2D eigenvalue weighted by molar-refractivity contribution is 7.52. The zero-order valence-corrected chi connectivity index (χ0v) is 24.1. The van der Waals surface area contributed by atoms with Crippen LogP contribution in [0.2, 0.25) is 0 Å². The van der Waals surface area contributed by atoms with Crippen molar-refractivity contribution in [3.05, 3.63) is 23.0 Å². The number of phosphoric ester groups is 1. The maximum absolute atomic E-state index is 13.2. The van der Waals surface area contributed by atoms with Crippen LogP contribution in [0.5, 0.6) is 0 Å². The molecule has 3 aliphatic rings. The number of phosphoric acid groups is 1. The second kappa shape index (κ2) is 10.8. The van der Waals surface area contributed by atoms with Gasteiger partial charge in [-0.1, -0.05) is 5.21 Å². The van der Waals surface area contributed by atoms with E-state index in [0.29, 0.717) is 0 Å². The molecule has 7 rings (SSSR count). The van der Waals surface area contributed by atoms with E-state index in [9.17, 15) is 33.9 Å². The molecule has 0 aliphatic carbocycles. The largest absolute Gasteiger partial charge is 0.472 e. The van der Waals surface area contributed by atoms with E-state index in [0.717, 1.165) is 11.0 Å². The molecule has 0 aromatic carbocycles. The normalized spacial score (nSPS) is 37.7. The number of anilines is 2. The maximum Gasteiger partial charge on any atom is 0.472 e. The molecule has 0 spiro atoms. The number of aromatic amines is 1. The molecule has 0 amide bonds. The highest BCUT2D eigenvalue weighted by Gasteiger charge is 2.54. The van der Waals surface area contributed by atoms with Crippen molar-refractivity contribution in [3.8, 4) is 0 Å². The Morgan fingerprint density at radius 1 is 0.978 bits per heavy atom. The third-order valence-electron chi connectivity index (χ3n) is 7.08. The Morgan fingerprint density at radius 2 is 1.78 bits per heavy atom. The maximum atomic E-state index is 13.2. The lowest BCUT2D eigenvalue weighted by molar-refractivity contribution is -0.170. The summed E-state index contributed by atoms with van der Waals surface area (Å²) in [5.74, 6) is -0.297. The van der Waals surface area contributed by atoms with Gasteiger partial charge in [0.1, 0.15) is 42.4 Å². The number of nitrogens with two attached hydrogens (primary N) is 2. The van der Waals surface area contributed by atoms with Gasteiger partial charge < -0.3 is 45.7 Å². The fraction of sp³-hybridized carbons (Fsp3) is 0.526. The molecule has 4 aromatic heterocycles. The summed E-state index contributed by atoms with van der Waals surface area (Å²) in [4.78, 5) is 51.7. The zero-order valence-electron chi connectivity index (χ0n) is 22.3. The van der Waals surface area contributed by atoms with Crippen molar-refractivity contribution >= 4 is 49.5 Å².